The molecule has 3 heterocycles. The molecular formula is C35H33N5O3. The number of aromatic amines is 1. The Morgan fingerprint density at radius 2 is 1.65 bits per heavy atom. The van der Waals surface area contributed by atoms with E-state index in [4.69, 9.17) is 9.84 Å². The molecule has 0 saturated carbocycles. The number of aryl methyl sites for hydroxylation is 2. The third-order valence-electron chi connectivity index (χ3n) is 7.52. The Bertz CT molecular complexity index is 2050. The Kier molecular flexibility index (Phi) is 7.13. The minimum atomic E-state index is -0.284. The molecule has 8 heteroatoms. The van der Waals surface area contributed by atoms with Gasteiger partial charge in [-0.25, -0.2) is 14.6 Å². The number of benzene rings is 3. The van der Waals surface area contributed by atoms with Crippen LogP contribution in [-0.2, 0) is 23.1 Å². The Labute approximate surface area is 249 Å². The van der Waals surface area contributed by atoms with E-state index in [1.54, 1.807) is 19.2 Å². The van der Waals surface area contributed by atoms with E-state index in [1.165, 1.54) is 5.56 Å². The SMILES string of the molecule is Cc1ccc(-n2nc(C(C)(C)C)cc2CC(=O)Cc2ccc(Oc3ccnc4[nH]c(=O)c(C)nc34)c3ccccc23)cc1. The quantitative estimate of drug-likeness (QED) is 0.228. The van der Waals surface area contributed by atoms with Crippen molar-refractivity contribution in [2.75, 3.05) is 0 Å². The summed E-state index contributed by atoms with van der Waals surface area (Å²) in [6, 6.07) is 23.7. The fourth-order valence-electron chi connectivity index (χ4n) is 5.13. The number of aromatic nitrogens is 5. The molecular weight excluding hydrogens is 538 g/mol. The molecule has 43 heavy (non-hydrogen) atoms. The fraction of sp³-hybridized carbons (Fsp3) is 0.229. The molecule has 0 aliphatic carbocycles. The molecule has 6 aromatic rings. The van der Waals surface area contributed by atoms with Gasteiger partial charge in [0.05, 0.1) is 17.1 Å². The highest BCUT2D eigenvalue weighted by molar-refractivity contribution is 5.95. The Balaban J connectivity index is 1.31. The monoisotopic (exact) mass is 571 g/mol. The van der Waals surface area contributed by atoms with Crippen LogP contribution in [0.3, 0.4) is 0 Å². The van der Waals surface area contributed by atoms with Gasteiger partial charge in [-0.2, -0.15) is 5.10 Å². The number of hydrogen-bond acceptors (Lipinski definition) is 6. The molecule has 0 fully saturated rings. The van der Waals surface area contributed by atoms with Crippen molar-refractivity contribution in [2.24, 2.45) is 0 Å². The van der Waals surface area contributed by atoms with Crippen LogP contribution in [0, 0.1) is 13.8 Å². The molecule has 0 atom stereocenters. The van der Waals surface area contributed by atoms with Gasteiger partial charge >= 0.3 is 0 Å². The standard InChI is InChI=1S/C35H33N5O3/c1-21-10-13-24(14-11-21)40-25(20-31(39-40)35(3,4)5)19-26(41)18-23-12-15-29(28-9-7-6-8-27(23)28)43-30-16-17-36-33-32(30)37-22(2)34(42)38-33/h6-17,20H,18-19H2,1-5H3,(H,36,38,42). The molecule has 0 aliphatic heterocycles. The van der Waals surface area contributed by atoms with E-state index >= 15 is 0 Å². The summed E-state index contributed by atoms with van der Waals surface area (Å²) in [6.07, 6.45) is 2.10. The van der Waals surface area contributed by atoms with Crippen LogP contribution in [0.15, 0.2) is 83.8 Å². The van der Waals surface area contributed by atoms with Crippen LogP contribution in [0.1, 0.15) is 49.0 Å². The number of Topliss-reactive ketones (excluding diaryl/α,β-unsaturated/α-hetero) is 1. The second kappa shape index (κ2) is 10.9. The lowest BCUT2D eigenvalue weighted by Crippen LogP contribution is -2.13. The van der Waals surface area contributed by atoms with Gasteiger partial charge in [0.1, 0.15) is 22.7 Å². The maximum Gasteiger partial charge on any atom is 0.270 e. The summed E-state index contributed by atoms with van der Waals surface area (Å²) in [4.78, 5) is 37.0. The van der Waals surface area contributed by atoms with Gasteiger partial charge in [0, 0.05) is 35.9 Å². The number of pyridine rings is 1. The highest BCUT2D eigenvalue weighted by atomic mass is 16.5. The smallest absolute Gasteiger partial charge is 0.270 e. The normalized spacial score (nSPS) is 11.7. The summed E-state index contributed by atoms with van der Waals surface area (Å²) in [6.45, 7) is 10.1. The highest BCUT2D eigenvalue weighted by Gasteiger charge is 2.22. The maximum atomic E-state index is 13.6. The number of carbonyl (C=O) groups excluding carboxylic acids is 1. The third-order valence-corrected chi connectivity index (χ3v) is 7.52. The molecule has 0 amide bonds. The van der Waals surface area contributed by atoms with Gasteiger partial charge in [0.2, 0.25) is 0 Å². The van der Waals surface area contributed by atoms with Crippen LogP contribution in [0.2, 0.25) is 0 Å². The molecule has 216 valence electrons. The number of H-pyrrole nitrogens is 1. The topological polar surface area (TPSA) is 103 Å². The van der Waals surface area contributed by atoms with Gasteiger partial charge in [-0.1, -0.05) is 68.8 Å². The summed E-state index contributed by atoms with van der Waals surface area (Å²) in [5.41, 5.74) is 5.58. The van der Waals surface area contributed by atoms with Gasteiger partial charge in [-0.3, -0.25) is 9.59 Å². The van der Waals surface area contributed by atoms with Crippen LogP contribution in [-0.4, -0.2) is 30.5 Å². The highest BCUT2D eigenvalue weighted by Crippen LogP contribution is 2.34. The first-order valence-corrected chi connectivity index (χ1v) is 14.3. The number of nitrogens with one attached hydrogen (secondary N) is 1. The first-order valence-electron chi connectivity index (χ1n) is 14.3. The Hall–Kier alpha value is -5.11. The van der Waals surface area contributed by atoms with Crippen molar-refractivity contribution >= 4 is 27.7 Å². The van der Waals surface area contributed by atoms with E-state index in [2.05, 4.69) is 60.8 Å². The van der Waals surface area contributed by atoms with Crippen LogP contribution >= 0.6 is 0 Å². The van der Waals surface area contributed by atoms with Crippen LogP contribution in [0.5, 0.6) is 11.5 Å². The first kappa shape index (κ1) is 28.0. The van der Waals surface area contributed by atoms with E-state index in [9.17, 15) is 9.59 Å². The second-order valence-electron chi connectivity index (χ2n) is 11.9. The molecule has 1 N–H and O–H groups in total. The van der Waals surface area contributed by atoms with Crippen molar-refractivity contribution in [3.63, 3.8) is 0 Å². The summed E-state index contributed by atoms with van der Waals surface area (Å²) >= 11 is 0. The average Bonchev–Trinajstić information content (AvgIpc) is 3.40. The Morgan fingerprint density at radius 1 is 0.907 bits per heavy atom. The molecule has 3 aromatic heterocycles. The van der Waals surface area contributed by atoms with E-state index < -0.39 is 0 Å². The second-order valence-corrected chi connectivity index (χ2v) is 11.9. The maximum absolute atomic E-state index is 13.6. The number of rotatable bonds is 7. The van der Waals surface area contributed by atoms with Gasteiger partial charge in [-0.15, -0.1) is 0 Å². The molecule has 6 rings (SSSR count). The molecule has 0 spiro atoms. The Morgan fingerprint density at radius 3 is 2.40 bits per heavy atom. The number of fused-ring (bicyclic) bond motifs is 2. The van der Waals surface area contributed by atoms with Crippen LogP contribution < -0.4 is 10.3 Å². The lowest BCUT2D eigenvalue weighted by molar-refractivity contribution is -0.117. The number of ether oxygens (including phenoxy) is 1. The lowest BCUT2D eigenvalue weighted by atomic mass is 9.92. The van der Waals surface area contributed by atoms with Crippen LogP contribution in [0.25, 0.3) is 27.6 Å². The van der Waals surface area contributed by atoms with Crippen molar-refractivity contribution in [1.82, 2.24) is 24.7 Å². The molecule has 0 aliphatic rings. The molecule has 0 unspecified atom stereocenters. The first-order chi connectivity index (χ1) is 20.6. The third kappa shape index (κ3) is 5.68. The van der Waals surface area contributed by atoms with Crippen molar-refractivity contribution in [2.45, 2.75) is 52.9 Å². The zero-order chi connectivity index (χ0) is 30.3. The van der Waals surface area contributed by atoms with E-state index in [0.29, 0.717) is 28.4 Å². The van der Waals surface area contributed by atoms with Gasteiger partial charge in [0.15, 0.2) is 11.4 Å². The van der Waals surface area contributed by atoms with Crippen molar-refractivity contribution < 1.29 is 9.53 Å². The summed E-state index contributed by atoms with van der Waals surface area (Å²) < 4.78 is 8.24. The predicted octanol–water partition coefficient (Wildman–Crippen LogP) is 6.72. The predicted molar refractivity (Wildman–Crippen MR) is 168 cm³/mol. The summed E-state index contributed by atoms with van der Waals surface area (Å²) in [5.74, 6) is 1.20. The van der Waals surface area contributed by atoms with Crippen LogP contribution in [0.4, 0.5) is 0 Å². The fourth-order valence-corrected chi connectivity index (χ4v) is 5.13. The van der Waals surface area contributed by atoms with E-state index in [0.717, 1.165) is 33.4 Å². The van der Waals surface area contributed by atoms with E-state index in [-0.39, 0.29) is 29.6 Å². The largest absolute Gasteiger partial charge is 0.454 e. The number of hydrogen-bond donors (Lipinski definition) is 1. The lowest BCUT2D eigenvalue weighted by Gasteiger charge is -2.14. The summed E-state index contributed by atoms with van der Waals surface area (Å²) in [5, 5.41) is 6.70. The van der Waals surface area contributed by atoms with Crippen molar-refractivity contribution in [1.29, 1.82) is 0 Å². The molecule has 0 radical (unpaired) electrons. The van der Waals surface area contributed by atoms with Crippen molar-refractivity contribution in [3.05, 3.63) is 118 Å². The molecule has 0 bridgehead atoms. The zero-order valence-electron chi connectivity index (χ0n) is 24.9. The minimum absolute atomic E-state index is 0.0938. The van der Waals surface area contributed by atoms with Gasteiger partial charge < -0.3 is 9.72 Å². The van der Waals surface area contributed by atoms with Gasteiger partial charge in [-0.05, 0) is 49.1 Å². The van der Waals surface area contributed by atoms with E-state index in [1.807, 2.05) is 53.2 Å². The molecule has 3 aromatic carbocycles. The summed E-state index contributed by atoms with van der Waals surface area (Å²) in [7, 11) is 0. The average molecular weight is 572 g/mol. The number of ketones is 1. The number of carbonyl (C=O) groups is 1. The molecule has 8 nitrogen and oxygen atoms in total. The molecule has 0 saturated heterocycles. The minimum Gasteiger partial charge on any atom is -0.454 e. The van der Waals surface area contributed by atoms with Crippen molar-refractivity contribution in [3.8, 4) is 17.2 Å². The zero-order valence-corrected chi connectivity index (χ0v) is 24.9. The number of nitrogens with zero attached hydrogens (tertiary/aromatic N) is 4. The van der Waals surface area contributed by atoms with Gasteiger partial charge in [0.25, 0.3) is 5.56 Å².